The molecule has 0 amide bonds. The Morgan fingerprint density at radius 2 is 1.90 bits per heavy atom. The van der Waals surface area contributed by atoms with Crippen LogP contribution in [0, 0.1) is 0 Å². The van der Waals surface area contributed by atoms with E-state index >= 15 is 0 Å². The van der Waals surface area contributed by atoms with Crippen molar-refractivity contribution in [2.24, 2.45) is 0 Å². The molecule has 0 saturated heterocycles. The Labute approximate surface area is 63.5 Å². The molecule has 2 nitrogen and oxygen atoms in total. The van der Waals surface area contributed by atoms with E-state index in [1.807, 2.05) is 0 Å². The van der Waals surface area contributed by atoms with Crippen LogP contribution in [0.1, 0.15) is 6.92 Å². The van der Waals surface area contributed by atoms with Gasteiger partial charge in [-0.25, -0.2) is 4.89 Å². The SMILES string of the molecule is C=C([C@H](C)OO)[Si](C)(C)C. The van der Waals surface area contributed by atoms with Crippen LogP contribution < -0.4 is 0 Å². The lowest BCUT2D eigenvalue weighted by Gasteiger charge is -2.22. The maximum absolute atomic E-state index is 8.33. The van der Waals surface area contributed by atoms with E-state index < -0.39 is 8.07 Å². The highest BCUT2D eigenvalue weighted by Gasteiger charge is 2.22. The third kappa shape index (κ3) is 2.64. The van der Waals surface area contributed by atoms with E-state index in [1.54, 1.807) is 6.92 Å². The fourth-order valence-electron chi connectivity index (χ4n) is 0.673. The summed E-state index contributed by atoms with van der Waals surface area (Å²) in [5.41, 5.74) is 0. The zero-order valence-corrected chi connectivity index (χ0v) is 8.14. The van der Waals surface area contributed by atoms with E-state index in [4.69, 9.17) is 5.26 Å². The normalized spacial score (nSPS) is 14.9. The number of hydrogen-bond donors (Lipinski definition) is 1. The van der Waals surface area contributed by atoms with Crippen LogP contribution in [0.5, 0.6) is 0 Å². The molecular weight excluding hydrogens is 144 g/mol. The van der Waals surface area contributed by atoms with Crippen LogP contribution in [0.25, 0.3) is 0 Å². The van der Waals surface area contributed by atoms with Crippen molar-refractivity contribution in [2.75, 3.05) is 0 Å². The molecule has 0 rings (SSSR count). The molecule has 1 N–H and O–H groups in total. The molecule has 0 unspecified atom stereocenters. The summed E-state index contributed by atoms with van der Waals surface area (Å²) >= 11 is 0. The summed E-state index contributed by atoms with van der Waals surface area (Å²) in [4.78, 5) is 4.17. The van der Waals surface area contributed by atoms with Crippen molar-refractivity contribution in [1.29, 1.82) is 0 Å². The standard InChI is InChI=1S/C7H16O2Si/c1-6(9-8)7(2)10(3,4)5/h6,8H,2H2,1,3-5H3/t6-/m0/s1. The maximum atomic E-state index is 8.33. The van der Waals surface area contributed by atoms with Crippen molar-refractivity contribution in [1.82, 2.24) is 0 Å². The first-order valence-electron chi connectivity index (χ1n) is 3.39. The van der Waals surface area contributed by atoms with E-state index in [9.17, 15) is 0 Å². The van der Waals surface area contributed by atoms with Crippen molar-refractivity contribution in [3.63, 3.8) is 0 Å². The highest BCUT2D eigenvalue weighted by Crippen LogP contribution is 2.17. The first-order chi connectivity index (χ1) is 4.39. The molecule has 60 valence electrons. The minimum atomic E-state index is -1.32. The molecule has 3 heteroatoms. The second-order valence-electron chi connectivity index (χ2n) is 3.52. The molecule has 0 aromatic heterocycles. The smallest absolute Gasteiger partial charge is 0.107 e. The molecule has 0 aliphatic heterocycles. The summed E-state index contributed by atoms with van der Waals surface area (Å²) < 4.78 is 0. The molecule has 0 aromatic rings. The van der Waals surface area contributed by atoms with Crippen LogP contribution in [-0.4, -0.2) is 19.4 Å². The Morgan fingerprint density at radius 1 is 1.50 bits per heavy atom. The first kappa shape index (κ1) is 9.88. The van der Waals surface area contributed by atoms with Gasteiger partial charge in [0, 0.05) is 0 Å². The van der Waals surface area contributed by atoms with Crippen LogP contribution >= 0.6 is 0 Å². The van der Waals surface area contributed by atoms with Gasteiger partial charge in [-0.15, -0.1) is 6.58 Å². The fraction of sp³-hybridized carbons (Fsp3) is 0.714. The Kier molecular flexibility index (Phi) is 3.28. The van der Waals surface area contributed by atoms with Gasteiger partial charge < -0.3 is 0 Å². The van der Waals surface area contributed by atoms with Gasteiger partial charge in [0.05, 0.1) is 8.07 Å². The van der Waals surface area contributed by atoms with Crippen molar-refractivity contribution < 1.29 is 10.1 Å². The van der Waals surface area contributed by atoms with E-state index in [0.29, 0.717) is 0 Å². The lowest BCUT2D eigenvalue weighted by Crippen LogP contribution is -2.30. The zero-order chi connectivity index (χ0) is 8.36. The van der Waals surface area contributed by atoms with Crippen LogP contribution in [0.4, 0.5) is 0 Å². The van der Waals surface area contributed by atoms with E-state index in [0.717, 1.165) is 5.20 Å². The van der Waals surface area contributed by atoms with Gasteiger partial charge in [0.15, 0.2) is 0 Å². The van der Waals surface area contributed by atoms with Crippen LogP contribution in [0.2, 0.25) is 19.6 Å². The topological polar surface area (TPSA) is 29.5 Å². The lowest BCUT2D eigenvalue weighted by molar-refractivity contribution is -0.262. The first-order valence-corrected chi connectivity index (χ1v) is 6.89. The summed E-state index contributed by atoms with van der Waals surface area (Å²) in [5, 5.41) is 9.37. The molecule has 0 spiro atoms. The zero-order valence-electron chi connectivity index (χ0n) is 7.14. The van der Waals surface area contributed by atoms with Gasteiger partial charge >= 0.3 is 0 Å². The quantitative estimate of drug-likeness (QED) is 0.390. The van der Waals surface area contributed by atoms with Gasteiger partial charge in [-0.1, -0.05) is 24.8 Å². The third-order valence-electron chi connectivity index (χ3n) is 1.61. The minimum Gasteiger partial charge on any atom is -0.251 e. The second-order valence-corrected chi connectivity index (χ2v) is 8.67. The molecule has 0 aliphatic rings. The highest BCUT2D eigenvalue weighted by atomic mass is 28.3. The molecule has 0 aliphatic carbocycles. The Bertz CT molecular complexity index is 126. The largest absolute Gasteiger partial charge is 0.251 e. The van der Waals surface area contributed by atoms with Crippen LogP contribution in [0.3, 0.4) is 0 Å². The summed E-state index contributed by atoms with van der Waals surface area (Å²) in [6.45, 7) is 12.2. The summed E-state index contributed by atoms with van der Waals surface area (Å²) in [6, 6.07) is 0. The van der Waals surface area contributed by atoms with E-state index in [1.165, 1.54) is 0 Å². The molecule has 1 atom stereocenters. The van der Waals surface area contributed by atoms with Crippen molar-refractivity contribution in [2.45, 2.75) is 32.7 Å². The number of hydrogen-bond acceptors (Lipinski definition) is 2. The minimum absolute atomic E-state index is 0.216. The molecule has 0 radical (unpaired) electrons. The van der Waals surface area contributed by atoms with Gasteiger partial charge in [0.1, 0.15) is 6.10 Å². The Morgan fingerprint density at radius 3 is 2.00 bits per heavy atom. The van der Waals surface area contributed by atoms with Gasteiger partial charge in [-0.3, -0.25) is 5.26 Å². The Balaban J connectivity index is 4.09. The molecule has 0 fully saturated rings. The average molecular weight is 160 g/mol. The molecule has 0 saturated carbocycles. The van der Waals surface area contributed by atoms with Gasteiger partial charge in [0.25, 0.3) is 0 Å². The number of rotatable bonds is 3. The average Bonchev–Trinajstić information content (AvgIpc) is 1.83. The highest BCUT2D eigenvalue weighted by molar-refractivity contribution is 6.83. The molecular formula is C7H16O2Si. The fourth-order valence-corrected chi connectivity index (χ4v) is 1.95. The van der Waals surface area contributed by atoms with Gasteiger partial charge in [-0.05, 0) is 6.92 Å². The van der Waals surface area contributed by atoms with Crippen molar-refractivity contribution in [3.8, 4) is 0 Å². The lowest BCUT2D eigenvalue weighted by atomic mass is 10.4. The Hall–Kier alpha value is -0.123. The molecule has 0 heterocycles. The summed E-state index contributed by atoms with van der Waals surface area (Å²) in [7, 11) is -1.32. The predicted octanol–water partition coefficient (Wildman–Crippen LogP) is 2.30. The van der Waals surface area contributed by atoms with Crippen LogP contribution in [-0.2, 0) is 4.89 Å². The third-order valence-corrected chi connectivity index (χ3v) is 3.95. The van der Waals surface area contributed by atoms with Gasteiger partial charge in [0.2, 0.25) is 0 Å². The van der Waals surface area contributed by atoms with E-state index in [2.05, 4.69) is 31.1 Å². The molecule has 0 aromatic carbocycles. The molecule has 0 bridgehead atoms. The van der Waals surface area contributed by atoms with Crippen molar-refractivity contribution in [3.05, 3.63) is 11.8 Å². The van der Waals surface area contributed by atoms with E-state index in [-0.39, 0.29) is 6.10 Å². The van der Waals surface area contributed by atoms with Gasteiger partial charge in [-0.2, -0.15) is 0 Å². The molecule has 10 heavy (non-hydrogen) atoms. The van der Waals surface area contributed by atoms with Crippen molar-refractivity contribution >= 4 is 8.07 Å². The predicted molar refractivity (Wildman–Crippen MR) is 45.7 cm³/mol. The maximum Gasteiger partial charge on any atom is 0.107 e. The summed E-state index contributed by atoms with van der Waals surface area (Å²) in [6.07, 6.45) is -0.216. The second kappa shape index (κ2) is 3.32. The van der Waals surface area contributed by atoms with Crippen LogP contribution in [0.15, 0.2) is 11.8 Å². The summed E-state index contributed by atoms with van der Waals surface area (Å²) in [5.74, 6) is 0. The monoisotopic (exact) mass is 160 g/mol.